The van der Waals surface area contributed by atoms with Crippen LogP contribution in [-0.4, -0.2) is 60.5 Å². The predicted molar refractivity (Wildman–Crippen MR) is 136 cm³/mol. The molecule has 0 spiro atoms. The van der Waals surface area contributed by atoms with Crippen LogP contribution in [0.3, 0.4) is 0 Å². The monoisotopic (exact) mass is 526 g/mol. The van der Waals surface area contributed by atoms with E-state index in [-0.39, 0.29) is 36.2 Å². The molecule has 1 aromatic carbocycles. The van der Waals surface area contributed by atoms with Crippen molar-refractivity contribution in [3.05, 3.63) is 60.5 Å². The number of rotatable bonds is 8. The first kappa shape index (κ1) is 26.5. The van der Waals surface area contributed by atoms with Crippen molar-refractivity contribution in [2.45, 2.75) is 50.2 Å². The zero-order valence-electron chi connectivity index (χ0n) is 20.7. The Morgan fingerprint density at radius 1 is 1.16 bits per heavy atom. The van der Waals surface area contributed by atoms with Gasteiger partial charge in [0.2, 0.25) is 5.91 Å². The second kappa shape index (κ2) is 11.2. The average molecular weight is 527 g/mol. The molecule has 0 radical (unpaired) electrons. The van der Waals surface area contributed by atoms with E-state index in [1.807, 2.05) is 26.0 Å². The number of pyridine rings is 1. The minimum absolute atomic E-state index is 0.0792. The Kier molecular flexibility index (Phi) is 8.03. The summed E-state index contributed by atoms with van der Waals surface area (Å²) < 4.78 is 32.6. The predicted octanol–water partition coefficient (Wildman–Crippen LogP) is 2.51. The standard InChI is InChI=1S/C26H30N4O6S/c1-17(2)14-20(29-26(33)23-15-18-8-3-4-10-22(18)36-23)25(32)28-19-9-7-13-30(16-21(19)31)37(34,35)24-11-5-6-12-27-24/h3-6,8,10-12,15,17,19-20H,7,9,13-14,16H2,1-2H3,(H,28,32)(H,29,33). The first-order valence-electron chi connectivity index (χ1n) is 12.2. The Morgan fingerprint density at radius 3 is 2.62 bits per heavy atom. The number of Topliss-reactive ketones (excluding diaryl/α,β-unsaturated/α-hetero) is 1. The lowest BCUT2D eigenvalue weighted by Crippen LogP contribution is -2.52. The molecule has 3 aromatic rings. The van der Waals surface area contributed by atoms with Crippen LogP contribution in [0.2, 0.25) is 0 Å². The van der Waals surface area contributed by atoms with Crippen LogP contribution in [0.15, 0.2) is 64.2 Å². The summed E-state index contributed by atoms with van der Waals surface area (Å²) >= 11 is 0. The fourth-order valence-corrected chi connectivity index (χ4v) is 5.66. The van der Waals surface area contributed by atoms with Crippen molar-refractivity contribution in [3.63, 3.8) is 0 Å². The highest BCUT2D eigenvalue weighted by molar-refractivity contribution is 7.89. The van der Waals surface area contributed by atoms with Gasteiger partial charge in [-0.15, -0.1) is 0 Å². The van der Waals surface area contributed by atoms with Gasteiger partial charge in [-0.2, -0.15) is 4.31 Å². The number of sulfonamides is 1. The zero-order chi connectivity index (χ0) is 26.6. The lowest BCUT2D eigenvalue weighted by Gasteiger charge is -2.23. The highest BCUT2D eigenvalue weighted by Crippen LogP contribution is 2.20. The van der Waals surface area contributed by atoms with Gasteiger partial charge in [0.25, 0.3) is 15.9 Å². The van der Waals surface area contributed by atoms with E-state index >= 15 is 0 Å². The highest BCUT2D eigenvalue weighted by Gasteiger charge is 2.35. The number of carbonyl (C=O) groups is 3. The van der Waals surface area contributed by atoms with Crippen LogP contribution >= 0.6 is 0 Å². The fraction of sp³-hybridized carbons (Fsp3) is 0.385. The first-order valence-corrected chi connectivity index (χ1v) is 13.6. The molecule has 1 saturated heterocycles. The molecule has 0 aliphatic carbocycles. The van der Waals surface area contributed by atoms with Crippen LogP contribution in [0.1, 0.15) is 43.7 Å². The van der Waals surface area contributed by atoms with E-state index in [1.165, 1.54) is 12.3 Å². The van der Waals surface area contributed by atoms with Crippen LogP contribution in [0.25, 0.3) is 11.0 Å². The number of hydrogen-bond donors (Lipinski definition) is 2. The maximum absolute atomic E-state index is 13.2. The molecule has 1 aliphatic heterocycles. The van der Waals surface area contributed by atoms with Gasteiger partial charge in [-0.3, -0.25) is 14.4 Å². The highest BCUT2D eigenvalue weighted by atomic mass is 32.2. The van der Waals surface area contributed by atoms with Crippen molar-refractivity contribution in [1.82, 2.24) is 19.9 Å². The summed E-state index contributed by atoms with van der Waals surface area (Å²) in [5, 5.41) is 6.11. The summed E-state index contributed by atoms with van der Waals surface area (Å²) in [6.45, 7) is 3.61. The number of ketones is 1. The summed E-state index contributed by atoms with van der Waals surface area (Å²) in [7, 11) is -3.94. The molecule has 3 heterocycles. The first-order chi connectivity index (χ1) is 17.6. The van der Waals surface area contributed by atoms with Gasteiger partial charge >= 0.3 is 0 Å². The van der Waals surface area contributed by atoms with Gasteiger partial charge in [0, 0.05) is 18.1 Å². The number of furan rings is 1. The molecule has 2 aromatic heterocycles. The summed E-state index contributed by atoms with van der Waals surface area (Å²) in [6, 6.07) is 11.6. The molecular formula is C26H30N4O6S. The maximum Gasteiger partial charge on any atom is 0.287 e. The second-order valence-corrected chi connectivity index (χ2v) is 11.4. The number of para-hydroxylation sites is 1. The normalized spacial score (nSPS) is 17.9. The molecule has 2 N–H and O–H groups in total. The lowest BCUT2D eigenvalue weighted by molar-refractivity contribution is -0.129. The molecule has 10 nitrogen and oxygen atoms in total. The molecule has 2 amide bonds. The second-order valence-electron chi connectivity index (χ2n) is 9.48. The van der Waals surface area contributed by atoms with Gasteiger partial charge in [-0.1, -0.05) is 38.1 Å². The van der Waals surface area contributed by atoms with E-state index in [4.69, 9.17) is 4.42 Å². The molecule has 4 rings (SSSR count). The van der Waals surface area contributed by atoms with E-state index in [2.05, 4.69) is 15.6 Å². The van der Waals surface area contributed by atoms with Gasteiger partial charge in [0.05, 0.1) is 12.6 Å². The number of amides is 2. The lowest BCUT2D eigenvalue weighted by atomic mass is 10.0. The third-order valence-electron chi connectivity index (χ3n) is 6.16. The quantitative estimate of drug-likeness (QED) is 0.460. The van der Waals surface area contributed by atoms with E-state index in [0.29, 0.717) is 18.4 Å². The topological polar surface area (TPSA) is 139 Å². The van der Waals surface area contributed by atoms with Crippen LogP contribution in [0.4, 0.5) is 0 Å². The molecule has 1 aliphatic rings. The van der Waals surface area contributed by atoms with Crippen LogP contribution in [-0.2, 0) is 19.6 Å². The Hall–Kier alpha value is -3.57. The Balaban J connectivity index is 1.44. The van der Waals surface area contributed by atoms with E-state index in [0.717, 1.165) is 9.69 Å². The smallest absolute Gasteiger partial charge is 0.287 e. The van der Waals surface area contributed by atoms with Gasteiger partial charge in [-0.25, -0.2) is 13.4 Å². The fourth-order valence-electron chi connectivity index (χ4n) is 4.28. The maximum atomic E-state index is 13.2. The summed E-state index contributed by atoms with van der Waals surface area (Å²) in [5.41, 5.74) is 0.562. The molecule has 2 atom stereocenters. The molecule has 11 heteroatoms. The van der Waals surface area contributed by atoms with Gasteiger partial charge < -0.3 is 15.1 Å². The number of nitrogens with one attached hydrogen (secondary N) is 2. The van der Waals surface area contributed by atoms with E-state index < -0.39 is 39.7 Å². The van der Waals surface area contributed by atoms with Gasteiger partial charge in [0.1, 0.15) is 11.6 Å². The van der Waals surface area contributed by atoms with Crippen LogP contribution < -0.4 is 10.6 Å². The molecule has 0 bridgehead atoms. The number of aromatic nitrogens is 1. The van der Waals surface area contributed by atoms with Crippen molar-refractivity contribution < 1.29 is 27.2 Å². The Labute approximate surface area is 215 Å². The number of benzene rings is 1. The van der Waals surface area contributed by atoms with E-state index in [9.17, 15) is 22.8 Å². The van der Waals surface area contributed by atoms with Gasteiger partial charge in [-0.05, 0) is 49.4 Å². The Bertz CT molecular complexity index is 1350. The molecule has 2 unspecified atom stereocenters. The third kappa shape index (κ3) is 6.23. The third-order valence-corrected chi connectivity index (χ3v) is 7.92. The van der Waals surface area contributed by atoms with Crippen molar-refractivity contribution >= 4 is 38.6 Å². The van der Waals surface area contributed by atoms with Crippen LogP contribution in [0, 0.1) is 5.92 Å². The molecule has 0 saturated carbocycles. The van der Waals surface area contributed by atoms with Crippen LogP contribution in [0.5, 0.6) is 0 Å². The van der Waals surface area contributed by atoms with Crippen molar-refractivity contribution in [3.8, 4) is 0 Å². The van der Waals surface area contributed by atoms with Gasteiger partial charge in [0.15, 0.2) is 16.6 Å². The molecular weight excluding hydrogens is 496 g/mol. The number of fused-ring (bicyclic) bond motifs is 1. The van der Waals surface area contributed by atoms with Crippen molar-refractivity contribution in [2.75, 3.05) is 13.1 Å². The molecule has 196 valence electrons. The molecule has 37 heavy (non-hydrogen) atoms. The largest absolute Gasteiger partial charge is 0.451 e. The Morgan fingerprint density at radius 2 is 1.92 bits per heavy atom. The van der Waals surface area contributed by atoms with Crippen molar-refractivity contribution in [1.29, 1.82) is 0 Å². The molecule has 1 fully saturated rings. The van der Waals surface area contributed by atoms with Crippen molar-refractivity contribution in [2.24, 2.45) is 5.92 Å². The van der Waals surface area contributed by atoms with E-state index in [1.54, 1.807) is 30.3 Å². The minimum Gasteiger partial charge on any atom is -0.451 e. The number of hydrogen-bond acceptors (Lipinski definition) is 7. The summed E-state index contributed by atoms with van der Waals surface area (Å²) in [4.78, 5) is 43.0. The number of carbonyl (C=O) groups excluding carboxylic acids is 3. The zero-order valence-corrected chi connectivity index (χ0v) is 21.5. The number of nitrogens with zero attached hydrogens (tertiary/aromatic N) is 2. The summed E-state index contributed by atoms with van der Waals surface area (Å²) in [6.07, 6.45) is 2.39. The minimum atomic E-state index is -3.94. The summed E-state index contributed by atoms with van der Waals surface area (Å²) in [5.74, 6) is -1.29. The average Bonchev–Trinajstić information content (AvgIpc) is 3.23. The SMILES string of the molecule is CC(C)CC(NC(=O)c1cc2ccccc2o1)C(=O)NC1CCCN(S(=O)(=O)c2ccccn2)CC1=O.